The van der Waals surface area contributed by atoms with Crippen molar-refractivity contribution in [3.63, 3.8) is 0 Å². The lowest BCUT2D eigenvalue weighted by Crippen LogP contribution is -2.30. The van der Waals surface area contributed by atoms with Crippen LogP contribution in [0.2, 0.25) is 0 Å². The van der Waals surface area contributed by atoms with E-state index in [-0.39, 0.29) is 6.61 Å². The van der Waals surface area contributed by atoms with Gasteiger partial charge in [-0.2, -0.15) is 0 Å². The van der Waals surface area contributed by atoms with Crippen LogP contribution in [0.3, 0.4) is 0 Å². The Balaban J connectivity index is 2.88. The molecule has 0 aromatic heterocycles. The van der Waals surface area contributed by atoms with Gasteiger partial charge in [0.05, 0.1) is 6.61 Å². The number of carbonyl (C=O) groups is 1. The van der Waals surface area contributed by atoms with E-state index in [0.29, 0.717) is 10.9 Å². The Morgan fingerprint density at radius 3 is 2.65 bits per heavy atom. The minimum Gasteiger partial charge on any atom is -0.464 e. The van der Waals surface area contributed by atoms with Gasteiger partial charge in [-0.25, -0.2) is 4.79 Å². The summed E-state index contributed by atoms with van der Waals surface area (Å²) in [7, 11) is 0. The van der Waals surface area contributed by atoms with E-state index >= 15 is 0 Å². The molecule has 0 amide bonds. The molecule has 0 saturated carbocycles. The Bertz CT molecular complexity index is 381. The molecule has 0 aliphatic rings. The molecule has 0 bridgehead atoms. The zero-order valence-electron chi connectivity index (χ0n) is 9.47. The van der Waals surface area contributed by atoms with Gasteiger partial charge in [0.1, 0.15) is 6.10 Å². The van der Waals surface area contributed by atoms with E-state index in [9.17, 15) is 15.0 Å². The second kappa shape index (κ2) is 6.74. The molecule has 94 valence electrons. The smallest absolute Gasteiger partial charge is 0.338 e. The SMILES string of the molecule is CCOC(=O)C(O)C(O)c1ccccc1CBr. The lowest BCUT2D eigenvalue weighted by atomic mass is 9.99. The third kappa shape index (κ3) is 3.52. The molecule has 0 spiro atoms. The van der Waals surface area contributed by atoms with Crippen molar-refractivity contribution in [2.45, 2.75) is 24.5 Å². The molecule has 17 heavy (non-hydrogen) atoms. The van der Waals surface area contributed by atoms with E-state index in [0.717, 1.165) is 5.56 Å². The Morgan fingerprint density at radius 2 is 2.06 bits per heavy atom. The van der Waals surface area contributed by atoms with Crippen LogP contribution in [-0.4, -0.2) is 28.9 Å². The van der Waals surface area contributed by atoms with Gasteiger partial charge >= 0.3 is 5.97 Å². The molecule has 0 aliphatic carbocycles. The average Bonchev–Trinajstić information content (AvgIpc) is 2.37. The topological polar surface area (TPSA) is 66.8 Å². The van der Waals surface area contributed by atoms with Gasteiger partial charge in [0, 0.05) is 5.33 Å². The van der Waals surface area contributed by atoms with Crippen molar-refractivity contribution in [3.05, 3.63) is 35.4 Å². The predicted molar refractivity (Wildman–Crippen MR) is 66.7 cm³/mol. The molecule has 0 aliphatic heterocycles. The van der Waals surface area contributed by atoms with Crippen LogP contribution in [-0.2, 0) is 14.9 Å². The molecule has 1 rings (SSSR count). The fourth-order valence-corrected chi connectivity index (χ4v) is 1.98. The molecule has 2 unspecified atom stereocenters. The third-order valence-electron chi connectivity index (χ3n) is 2.34. The monoisotopic (exact) mass is 302 g/mol. The fraction of sp³-hybridized carbons (Fsp3) is 0.417. The molecule has 1 aromatic carbocycles. The zero-order valence-corrected chi connectivity index (χ0v) is 11.1. The van der Waals surface area contributed by atoms with E-state index in [1.165, 1.54) is 0 Å². The summed E-state index contributed by atoms with van der Waals surface area (Å²) in [5, 5.41) is 20.1. The Morgan fingerprint density at radius 1 is 1.41 bits per heavy atom. The summed E-state index contributed by atoms with van der Waals surface area (Å²) in [5.41, 5.74) is 1.34. The Hall–Kier alpha value is -0.910. The molecule has 0 saturated heterocycles. The highest BCUT2D eigenvalue weighted by molar-refractivity contribution is 9.08. The van der Waals surface area contributed by atoms with Crippen LogP contribution in [0.5, 0.6) is 0 Å². The molecule has 0 fully saturated rings. The van der Waals surface area contributed by atoms with Crippen molar-refractivity contribution in [1.29, 1.82) is 0 Å². The summed E-state index contributed by atoms with van der Waals surface area (Å²) < 4.78 is 4.66. The molecule has 1 aromatic rings. The van der Waals surface area contributed by atoms with Crippen LogP contribution in [0.25, 0.3) is 0 Å². The van der Waals surface area contributed by atoms with Crippen molar-refractivity contribution < 1.29 is 19.7 Å². The number of halogens is 1. The van der Waals surface area contributed by atoms with E-state index in [4.69, 9.17) is 0 Å². The van der Waals surface area contributed by atoms with E-state index < -0.39 is 18.2 Å². The number of hydrogen-bond donors (Lipinski definition) is 2. The van der Waals surface area contributed by atoms with Crippen LogP contribution in [0, 0.1) is 0 Å². The summed E-state index contributed by atoms with van der Waals surface area (Å²) >= 11 is 3.28. The number of esters is 1. The van der Waals surface area contributed by atoms with Crippen molar-refractivity contribution >= 4 is 21.9 Å². The summed E-state index contributed by atoms with van der Waals surface area (Å²) in [4.78, 5) is 11.3. The Labute approximate surface area is 108 Å². The molecule has 5 heteroatoms. The molecule has 0 radical (unpaired) electrons. The number of rotatable bonds is 5. The second-order valence-electron chi connectivity index (χ2n) is 3.47. The highest BCUT2D eigenvalue weighted by atomic mass is 79.9. The van der Waals surface area contributed by atoms with Crippen LogP contribution in [0.4, 0.5) is 0 Å². The van der Waals surface area contributed by atoms with Gasteiger partial charge in [-0.1, -0.05) is 40.2 Å². The summed E-state index contributed by atoms with van der Waals surface area (Å²) in [6.45, 7) is 1.81. The summed E-state index contributed by atoms with van der Waals surface area (Å²) in [6, 6.07) is 7.04. The summed E-state index contributed by atoms with van der Waals surface area (Å²) in [5.74, 6) is -0.815. The third-order valence-corrected chi connectivity index (χ3v) is 2.95. The van der Waals surface area contributed by atoms with Gasteiger partial charge < -0.3 is 14.9 Å². The van der Waals surface area contributed by atoms with Crippen molar-refractivity contribution in [2.75, 3.05) is 6.61 Å². The fourth-order valence-electron chi connectivity index (χ4n) is 1.47. The van der Waals surface area contributed by atoms with E-state index in [1.54, 1.807) is 19.1 Å². The predicted octanol–water partition coefficient (Wildman–Crippen LogP) is 1.54. The van der Waals surface area contributed by atoms with Gasteiger partial charge in [-0.05, 0) is 18.1 Å². The maximum Gasteiger partial charge on any atom is 0.338 e. The molecular weight excluding hydrogens is 288 g/mol. The minimum atomic E-state index is -1.56. The van der Waals surface area contributed by atoms with E-state index in [1.807, 2.05) is 12.1 Å². The largest absolute Gasteiger partial charge is 0.464 e. The van der Waals surface area contributed by atoms with Gasteiger partial charge in [0.25, 0.3) is 0 Å². The number of alkyl halides is 1. The molecule has 2 atom stereocenters. The zero-order chi connectivity index (χ0) is 12.8. The maximum absolute atomic E-state index is 11.3. The first-order chi connectivity index (χ1) is 8.11. The number of aliphatic hydroxyl groups is 2. The van der Waals surface area contributed by atoms with Gasteiger partial charge in [0.2, 0.25) is 0 Å². The number of benzene rings is 1. The van der Waals surface area contributed by atoms with E-state index in [2.05, 4.69) is 20.7 Å². The first-order valence-corrected chi connectivity index (χ1v) is 6.40. The van der Waals surface area contributed by atoms with Crippen molar-refractivity contribution in [2.24, 2.45) is 0 Å². The second-order valence-corrected chi connectivity index (χ2v) is 4.03. The average molecular weight is 303 g/mol. The molecule has 0 heterocycles. The number of carbonyl (C=O) groups excluding carboxylic acids is 1. The summed E-state index contributed by atoms with van der Waals surface area (Å²) in [6.07, 6.45) is -2.84. The van der Waals surface area contributed by atoms with Crippen LogP contribution >= 0.6 is 15.9 Å². The van der Waals surface area contributed by atoms with Crippen LogP contribution in [0.15, 0.2) is 24.3 Å². The number of ether oxygens (including phenoxy) is 1. The lowest BCUT2D eigenvalue weighted by Gasteiger charge is -2.18. The first kappa shape index (κ1) is 14.2. The van der Waals surface area contributed by atoms with Crippen molar-refractivity contribution in [1.82, 2.24) is 0 Å². The normalized spacial score (nSPS) is 14.1. The van der Waals surface area contributed by atoms with Crippen molar-refractivity contribution in [3.8, 4) is 0 Å². The standard InChI is InChI=1S/C12H15BrO4/c1-2-17-12(16)11(15)10(14)9-6-4-3-5-8(9)7-13/h3-6,10-11,14-15H,2,7H2,1H3. The molecule has 2 N–H and O–H groups in total. The minimum absolute atomic E-state index is 0.169. The van der Waals surface area contributed by atoms with Gasteiger partial charge in [-0.3, -0.25) is 0 Å². The molecular formula is C12H15BrO4. The first-order valence-electron chi connectivity index (χ1n) is 5.28. The number of aliphatic hydroxyl groups excluding tert-OH is 2. The van der Waals surface area contributed by atoms with Gasteiger partial charge in [-0.15, -0.1) is 0 Å². The maximum atomic E-state index is 11.3. The molecule has 4 nitrogen and oxygen atoms in total. The lowest BCUT2D eigenvalue weighted by molar-refractivity contribution is -0.159. The highest BCUT2D eigenvalue weighted by Gasteiger charge is 2.28. The number of hydrogen-bond acceptors (Lipinski definition) is 4. The quantitative estimate of drug-likeness (QED) is 0.639. The highest BCUT2D eigenvalue weighted by Crippen LogP contribution is 2.23. The van der Waals surface area contributed by atoms with Gasteiger partial charge in [0.15, 0.2) is 6.10 Å². The van der Waals surface area contributed by atoms with Crippen LogP contribution < -0.4 is 0 Å². The van der Waals surface area contributed by atoms with Crippen LogP contribution in [0.1, 0.15) is 24.2 Å². The Kier molecular flexibility index (Phi) is 5.61.